The van der Waals surface area contributed by atoms with E-state index in [1.165, 1.54) is 17.7 Å². The van der Waals surface area contributed by atoms with Crippen molar-refractivity contribution in [2.45, 2.75) is 19.4 Å². The van der Waals surface area contributed by atoms with Crippen LogP contribution in [0.25, 0.3) is 33.9 Å². The molecule has 2 aromatic carbocycles. The second kappa shape index (κ2) is 11.0. The summed E-state index contributed by atoms with van der Waals surface area (Å²) in [6.45, 7) is 1.74. The van der Waals surface area contributed by atoms with Gasteiger partial charge in [-0.3, -0.25) is 4.79 Å². The zero-order valence-corrected chi connectivity index (χ0v) is 22.0. The van der Waals surface area contributed by atoms with Crippen LogP contribution in [0.4, 0.5) is 10.2 Å². The van der Waals surface area contributed by atoms with Gasteiger partial charge in [-0.25, -0.2) is 18.9 Å². The van der Waals surface area contributed by atoms with Crippen LogP contribution in [-0.2, 0) is 13.0 Å². The summed E-state index contributed by atoms with van der Waals surface area (Å²) in [5.41, 5.74) is 7.36. The van der Waals surface area contributed by atoms with Gasteiger partial charge < -0.3 is 15.2 Å². The second-order valence-corrected chi connectivity index (χ2v) is 9.56. The van der Waals surface area contributed by atoms with E-state index in [4.69, 9.17) is 10.1 Å². The van der Waals surface area contributed by atoms with Crippen molar-refractivity contribution < 1.29 is 9.18 Å². The highest BCUT2D eigenvalue weighted by atomic mass is 19.1. The Morgan fingerprint density at radius 3 is 2.70 bits per heavy atom. The molecule has 0 amide bonds. The van der Waals surface area contributed by atoms with Crippen molar-refractivity contribution in [3.8, 4) is 22.6 Å². The fourth-order valence-electron chi connectivity index (χ4n) is 4.99. The van der Waals surface area contributed by atoms with Crippen LogP contribution < -0.4 is 10.6 Å². The standard InChI is InChI=1S/C19H17FN6.C12H11NO/c1-21-15-11-26-17(22-15)9-8-14(24-26)19-18(12-4-6-13(20)7-5-12)23-16-3-2-10-25(16)19;14-9-10-3-1-4-11(7-10)12-5-2-6-13-8-12/h4-9,11,21H,2-3,10H2,1H3;1-7,9,13H,8H2. The Kier molecular flexibility index (Phi) is 6.93. The number of fused-ring (bicyclic) bond motifs is 2. The summed E-state index contributed by atoms with van der Waals surface area (Å²) in [6.07, 6.45) is 10.7. The molecule has 0 atom stereocenters. The van der Waals surface area contributed by atoms with Crippen molar-refractivity contribution in [3.05, 3.63) is 108 Å². The number of anilines is 1. The number of carbonyl (C=O) groups is 1. The lowest BCUT2D eigenvalue weighted by atomic mass is 10.0. The first-order valence-electron chi connectivity index (χ1n) is 13.2. The number of carbonyl (C=O) groups excluding carboxylic acids is 1. The lowest BCUT2D eigenvalue weighted by molar-refractivity contribution is 0.112. The fraction of sp³-hybridized carbons (Fsp3) is 0.161. The molecule has 5 heterocycles. The number of nitrogens with one attached hydrogen (secondary N) is 2. The van der Waals surface area contributed by atoms with Gasteiger partial charge in [0.25, 0.3) is 0 Å². The summed E-state index contributed by atoms with van der Waals surface area (Å²) in [7, 11) is 1.83. The molecule has 2 N–H and O–H groups in total. The van der Waals surface area contributed by atoms with Gasteiger partial charge in [0, 0.05) is 37.7 Å². The van der Waals surface area contributed by atoms with E-state index in [1.54, 1.807) is 16.6 Å². The van der Waals surface area contributed by atoms with Gasteiger partial charge in [0.2, 0.25) is 0 Å². The molecule has 0 radical (unpaired) electrons. The number of benzene rings is 2. The summed E-state index contributed by atoms with van der Waals surface area (Å²) in [6, 6.07) is 18.0. The van der Waals surface area contributed by atoms with Crippen LogP contribution in [0.2, 0.25) is 0 Å². The van der Waals surface area contributed by atoms with Crippen LogP contribution in [0, 0.1) is 5.82 Å². The summed E-state index contributed by atoms with van der Waals surface area (Å²) >= 11 is 0. The topological polar surface area (TPSA) is 89.1 Å². The number of allylic oxidation sites excluding steroid dienone is 2. The molecular formula is C31H28FN7O. The van der Waals surface area contributed by atoms with Crippen molar-refractivity contribution in [1.82, 2.24) is 29.5 Å². The number of halogens is 1. The van der Waals surface area contributed by atoms with Crippen LogP contribution in [0.1, 0.15) is 28.2 Å². The number of dihydropyridines is 1. The van der Waals surface area contributed by atoms with Gasteiger partial charge in [-0.1, -0.05) is 24.3 Å². The molecule has 7 rings (SSSR count). The summed E-state index contributed by atoms with van der Waals surface area (Å²) < 4.78 is 17.3. The third-order valence-corrected chi connectivity index (χ3v) is 6.96. The first-order valence-corrected chi connectivity index (χ1v) is 13.2. The number of aromatic nitrogens is 5. The maximum atomic E-state index is 13.3. The van der Waals surface area contributed by atoms with Crippen molar-refractivity contribution in [2.24, 2.45) is 0 Å². The summed E-state index contributed by atoms with van der Waals surface area (Å²) in [5.74, 6) is 1.58. The zero-order chi connectivity index (χ0) is 27.5. The van der Waals surface area contributed by atoms with E-state index < -0.39 is 0 Å². The van der Waals surface area contributed by atoms with Crippen molar-refractivity contribution in [3.63, 3.8) is 0 Å². The van der Waals surface area contributed by atoms with E-state index in [1.807, 2.05) is 61.9 Å². The number of hydrogen-bond donors (Lipinski definition) is 2. The Morgan fingerprint density at radius 2 is 1.93 bits per heavy atom. The van der Waals surface area contributed by atoms with E-state index in [0.29, 0.717) is 0 Å². The van der Waals surface area contributed by atoms with Gasteiger partial charge in [-0.15, -0.1) is 0 Å². The molecule has 40 heavy (non-hydrogen) atoms. The fourth-order valence-corrected chi connectivity index (χ4v) is 4.99. The number of imidazole rings is 2. The van der Waals surface area contributed by atoms with Crippen LogP contribution in [0.15, 0.2) is 85.2 Å². The normalized spacial score (nSPS) is 13.7. The minimum absolute atomic E-state index is 0.250. The summed E-state index contributed by atoms with van der Waals surface area (Å²) in [4.78, 5) is 19.9. The number of aldehydes is 1. The Hall–Kier alpha value is -5.05. The highest BCUT2D eigenvalue weighted by molar-refractivity contribution is 5.79. The molecule has 0 unspecified atom stereocenters. The predicted molar refractivity (Wildman–Crippen MR) is 154 cm³/mol. The van der Waals surface area contributed by atoms with Crippen LogP contribution >= 0.6 is 0 Å². The molecule has 0 bridgehead atoms. The molecule has 0 spiro atoms. The Morgan fingerprint density at radius 1 is 1.05 bits per heavy atom. The van der Waals surface area contributed by atoms with Gasteiger partial charge in [0.05, 0.1) is 17.6 Å². The van der Waals surface area contributed by atoms with Crippen molar-refractivity contribution in [1.29, 1.82) is 0 Å². The molecule has 0 saturated carbocycles. The third-order valence-electron chi connectivity index (χ3n) is 6.96. The van der Waals surface area contributed by atoms with E-state index in [-0.39, 0.29) is 5.82 Å². The maximum Gasteiger partial charge on any atom is 0.156 e. The van der Waals surface area contributed by atoms with Gasteiger partial charge in [-0.2, -0.15) is 5.10 Å². The van der Waals surface area contributed by atoms with Crippen molar-refractivity contribution >= 4 is 23.3 Å². The van der Waals surface area contributed by atoms with Gasteiger partial charge in [0.15, 0.2) is 5.65 Å². The van der Waals surface area contributed by atoms with Crippen LogP contribution in [0.5, 0.6) is 0 Å². The lowest BCUT2D eigenvalue weighted by Crippen LogP contribution is -2.11. The average molecular weight is 534 g/mol. The van der Waals surface area contributed by atoms with Gasteiger partial charge in [0.1, 0.15) is 29.4 Å². The van der Waals surface area contributed by atoms with Gasteiger partial charge >= 0.3 is 0 Å². The smallest absolute Gasteiger partial charge is 0.156 e. The molecule has 9 heteroatoms. The first kappa shape index (κ1) is 25.2. The quantitative estimate of drug-likeness (QED) is 0.295. The molecule has 200 valence electrons. The molecular weight excluding hydrogens is 505 g/mol. The average Bonchev–Trinajstić information content (AvgIpc) is 3.72. The van der Waals surface area contributed by atoms with Gasteiger partial charge in [-0.05, 0) is 72.3 Å². The molecule has 2 aliphatic rings. The largest absolute Gasteiger partial charge is 0.387 e. The summed E-state index contributed by atoms with van der Waals surface area (Å²) in [5, 5.41) is 10.9. The number of rotatable bonds is 5. The second-order valence-electron chi connectivity index (χ2n) is 9.56. The molecule has 5 aromatic rings. The Labute approximate surface area is 230 Å². The predicted octanol–water partition coefficient (Wildman–Crippen LogP) is 5.39. The van der Waals surface area contributed by atoms with Crippen LogP contribution in [0.3, 0.4) is 0 Å². The minimum Gasteiger partial charge on any atom is -0.387 e. The SMILES string of the molecule is CNc1cn2nc(-c3c(-c4ccc(F)cc4)nc4n3CCC4)ccc2n1.O=Cc1cccc(C2=CC=CNC2)c1. The maximum absolute atomic E-state index is 13.3. The molecule has 3 aromatic heterocycles. The number of aryl methyl sites for hydroxylation is 1. The lowest BCUT2D eigenvalue weighted by Gasteiger charge is -2.10. The molecule has 2 aliphatic heterocycles. The highest BCUT2D eigenvalue weighted by Crippen LogP contribution is 2.35. The molecule has 0 fully saturated rings. The zero-order valence-electron chi connectivity index (χ0n) is 22.0. The van der Waals surface area contributed by atoms with E-state index >= 15 is 0 Å². The number of nitrogens with zero attached hydrogens (tertiary/aromatic N) is 5. The highest BCUT2D eigenvalue weighted by Gasteiger charge is 2.24. The van der Waals surface area contributed by atoms with E-state index in [9.17, 15) is 9.18 Å². The Bertz CT molecular complexity index is 1750. The third kappa shape index (κ3) is 5.01. The molecule has 0 saturated heterocycles. The molecule has 0 aliphatic carbocycles. The first-order chi connectivity index (χ1) is 19.6. The number of hydrogen-bond acceptors (Lipinski definition) is 6. The van der Waals surface area contributed by atoms with E-state index in [2.05, 4.69) is 26.3 Å². The van der Waals surface area contributed by atoms with E-state index in [0.717, 1.165) is 83.3 Å². The minimum atomic E-state index is -0.250. The van der Waals surface area contributed by atoms with Crippen LogP contribution in [-0.4, -0.2) is 44.0 Å². The Balaban J connectivity index is 0.000000175. The monoisotopic (exact) mass is 533 g/mol. The van der Waals surface area contributed by atoms with Crippen molar-refractivity contribution in [2.75, 3.05) is 18.9 Å². The molecule has 8 nitrogen and oxygen atoms in total.